The van der Waals surface area contributed by atoms with Gasteiger partial charge in [0.2, 0.25) is 0 Å². The summed E-state index contributed by atoms with van der Waals surface area (Å²) >= 11 is 0. The minimum atomic E-state index is -0.297. The van der Waals surface area contributed by atoms with Crippen LogP contribution >= 0.6 is 0 Å². The Kier molecular flexibility index (Phi) is 2.69. The second-order valence-corrected chi connectivity index (χ2v) is 3.34. The second-order valence-electron chi connectivity index (χ2n) is 3.34. The van der Waals surface area contributed by atoms with Crippen LogP contribution in [0.2, 0.25) is 0 Å². The molecular formula is C11H13N3O. The summed E-state index contributed by atoms with van der Waals surface area (Å²) in [6, 6.07) is 7.83. The van der Waals surface area contributed by atoms with Gasteiger partial charge in [-0.2, -0.15) is 0 Å². The van der Waals surface area contributed by atoms with Crippen LogP contribution in [0.15, 0.2) is 36.7 Å². The molecule has 0 radical (unpaired) electrons. The third-order valence-corrected chi connectivity index (χ3v) is 2.40. The minimum absolute atomic E-state index is 0.297. The Labute approximate surface area is 88.4 Å². The first-order chi connectivity index (χ1) is 7.35. The molecule has 0 amide bonds. The highest BCUT2D eigenvalue weighted by Crippen LogP contribution is 2.19. The van der Waals surface area contributed by atoms with Crippen LogP contribution in [0.5, 0.6) is 0 Å². The Balaban J connectivity index is 2.21. The van der Waals surface area contributed by atoms with E-state index in [1.54, 1.807) is 6.20 Å². The van der Waals surface area contributed by atoms with Gasteiger partial charge in [-0.3, -0.25) is 4.79 Å². The van der Waals surface area contributed by atoms with Crippen LogP contribution in [0, 0.1) is 0 Å². The van der Waals surface area contributed by atoms with Crippen LogP contribution in [-0.4, -0.2) is 12.5 Å². The van der Waals surface area contributed by atoms with E-state index in [1.165, 1.54) is 0 Å². The zero-order valence-electron chi connectivity index (χ0n) is 8.26. The van der Waals surface area contributed by atoms with Crippen molar-refractivity contribution in [3.8, 4) is 0 Å². The molecule has 1 heterocycles. The fraction of sp³-hybridized carbons (Fsp3) is 0.182. The lowest BCUT2D eigenvalue weighted by Crippen LogP contribution is -2.36. The predicted octanol–water partition coefficient (Wildman–Crippen LogP) is 0.551. The molecule has 78 valence electrons. The fourth-order valence-electron chi connectivity index (χ4n) is 1.55. The van der Waals surface area contributed by atoms with Gasteiger partial charge in [0.25, 0.3) is 0 Å². The summed E-state index contributed by atoms with van der Waals surface area (Å²) in [7, 11) is 0. The maximum Gasteiger partial charge on any atom is 0.163 e. The Morgan fingerprint density at radius 3 is 2.73 bits per heavy atom. The number of hydrogen-bond donors (Lipinski definition) is 2. The SMILES string of the molecule is NCc1ccc(N2C=CNC2C=O)cc1. The van der Waals surface area contributed by atoms with Crippen LogP contribution in [0.4, 0.5) is 5.69 Å². The van der Waals surface area contributed by atoms with Gasteiger partial charge in [0, 0.05) is 24.6 Å². The van der Waals surface area contributed by atoms with Gasteiger partial charge in [0.05, 0.1) is 0 Å². The summed E-state index contributed by atoms with van der Waals surface area (Å²) in [6.07, 6.45) is 4.18. The lowest BCUT2D eigenvalue weighted by molar-refractivity contribution is -0.109. The molecule has 3 N–H and O–H groups in total. The van der Waals surface area contributed by atoms with Crippen LogP contribution in [-0.2, 0) is 11.3 Å². The van der Waals surface area contributed by atoms with Crippen molar-refractivity contribution in [3.05, 3.63) is 42.2 Å². The molecule has 1 aromatic rings. The first-order valence-corrected chi connectivity index (χ1v) is 4.80. The molecule has 0 bridgehead atoms. The van der Waals surface area contributed by atoms with Crippen molar-refractivity contribution in [3.63, 3.8) is 0 Å². The molecule has 1 unspecified atom stereocenters. The van der Waals surface area contributed by atoms with Gasteiger partial charge in [0.15, 0.2) is 12.5 Å². The Hall–Kier alpha value is -1.81. The van der Waals surface area contributed by atoms with Crippen molar-refractivity contribution in [1.82, 2.24) is 5.32 Å². The zero-order chi connectivity index (χ0) is 10.7. The van der Waals surface area contributed by atoms with Gasteiger partial charge in [0.1, 0.15) is 0 Å². The molecule has 0 spiro atoms. The van der Waals surface area contributed by atoms with E-state index in [2.05, 4.69) is 5.32 Å². The monoisotopic (exact) mass is 203 g/mol. The number of hydrogen-bond acceptors (Lipinski definition) is 4. The maximum atomic E-state index is 10.7. The van der Waals surface area contributed by atoms with Gasteiger partial charge in [-0.15, -0.1) is 0 Å². The third-order valence-electron chi connectivity index (χ3n) is 2.40. The molecular weight excluding hydrogens is 190 g/mol. The van der Waals surface area contributed by atoms with E-state index in [0.717, 1.165) is 17.5 Å². The standard InChI is InChI=1S/C11H13N3O/c12-7-9-1-3-10(4-2-9)14-6-5-13-11(14)8-15/h1-6,8,11,13H,7,12H2. The highest BCUT2D eigenvalue weighted by molar-refractivity contribution is 5.68. The van der Waals surface area contributed by atoms with E-state index in [1.807, 2.05) is 35.4 Å². The summed E-state index contributed by atoms with van der Waals surface area (Å²) in [5.41, 5.74) is 7.57. The topological polar surface area (TPSA) is 58.4 Å². The van der Waals surface area contributed by atoms with Crippen LogP contribution in [0.1, 0.15) is 5.56 Å². The maximum absolute atomic E-state index is 10.7. The molecule has 1 aliphatic rings. The Morgan fingerprint density at radius 1 is 1.40 bits per heavy atom. The van der Waals surface area contributed by atoms with Gasteiger partial charge in [-0.25, -0.2) is 0 Å². The summed E-state index contributed by atoms with van der Waals surface area (Å²) in [4.78, 5) is 12.6. The first-order valence-electron chi connectivity index (χ1n) is 4.80. The molecule has 0 saturated heterocycles. The fourth-order valence-corrected chi connectivity index (χ4v) is 1.55. The molecule has 4 heteroatoms. The molecule has 4 nitrogen and oxygen atoms in total. The number of anilines is 1. The number of nitrogens with two attached hydrogens (primary N) is 1. The van der Waals surface area contributed by atoms with Crippen LogP contribution in [0.25, 0.3) is 0 Å². The quantitative estimate of drug-likeness (QED) is 0.704. The van der Waals surface area contributed by atoms with Crippen molar-refractivity contribution in [2.75, 3.05) is 4.90 Å². The minimum Gasteiger partial charge on any atom is -0.364 e. The van der Waals surface area contributed by atoms with Crippen molar-refractivity contribution >= 4 is 12.0 Å². The lowest BCUT2D eigenvalue weighted by atomic mass is 10.2. The number of carbonyl (C=O) groups is 1. The third kappa shape index (κ3) is 1.85. The second kappa shape index (κ2) is 4.14. The Morgan fingerprint density at radius 2 is 2.13 bits per heavy atom. The van der Waals surface area contributed by atoms with E-state index in [9.17, 15) is 4.79 Å². The predicted molar refractivity (Wildman–Crippen MR) is 58.9 cm³/mol. The summed E-state index contributed by atoms with van der Waals surface area (Å²) in [5, 5.41) is 2.94. The van der Waals surface area contributed by atoms with Gasteiger partial charge < -0.3 is 16.0 Å². The number of aldehydes is 1. The number of nitrogens with one attached hydrogen (secondary N) is 1. The molecule has 0 saturated carbocycles. The molecule has 1 atom stereocenters. The molecule has 0 fully saturated rings. The number of nitrogens with zero attached hydrogens (tertiary/aromatic N) is 1. The summed E-state index contributed by atoms with van der Waals surface area (Å²) in [5.74, 6) is 0. The first kappa shape index (κ1) is 9.73. The molecule has 1 aliphatic heterocycles. The van der Waals surface area contributed by atoms with Crippen molar-refractivity contribution in [2.45, 2.75) is 12.7 Å². The Bertz CT molecular complexity index is 372. The average molecular weight is 203 g/mol. The van der Waals surface area contributed by atoms with E-state index in [-0.39, 0.29) is 6.17 Å². The van der Waals surface area contributed by atoms with Gasteiger partial charge in [-0.1, -0.05) is 12.1 Å². The van der Waals surface area contributed by atoms with Gasteiger partial charge >= 0.3 is 0 Å². The van der Waals surface area contributed by atoms with E-state index in [0.29, 0.717) is 6.54 Å². The summed E-state index contributed by atoms with van der Waals surface area (Å²) in [6.45, 7) is 0.533. The lowest BCUT2D eigenvalue weighted by Gasteiger charge is -2.21. The molecule has 1 aromatic carbocycles. The van der Waals surface area contributed by atoms with Gasteiger partial charge in [-0.05, 0) is 17.7 Å². The smallest absolute Gasteiger partial charge is 0.163 e. The molecule has 0 aliphatic carbocycles. The van der Waals surface area contributed by atoms with E-state index < -0.39 is 0 Å². The summed E-state index contributed by atoms with van der Waals surface area (Å²) < 4.78 is 0. The van der Waals surface area contributed by atoms with E-state index >= 15 is 0 Å². The average Bonchev–Trinajstić information content (AvgIpc) is 2.77. The van der Waals surface area contributed by atoms with Crippen molar-refractivity contribution in [2.24, 2.45) is 5.73 Å². The van der Waals surface area contributed by atoms with E-state index in [4.69, 9.17) is 5.73 Å². The van der Waals surface area contributed by atoms with Crippen molar-refractivity contribution in [1.29, 1.82) is 0 Å². The van der Waals surface area contributed by atoms with Crippen LogP contribution in [0.3, 0.4) is 0 Å². The number of benzene rings is 1. The number of carbonyl (C=O) groups excluding carboxylic acids is 1. The largest absolute Gasteiger partial charge is 0.364 e. The molecule has 0 aromatic heterocycles. The molecule has 15 heavy (non-hydrogen) atoms. The van der Waals surface area contributed by atoms with Crippen LogP contribution < -0.4 is 16.0 Å². The zero-order valence-corrected chi connectivity index (χ0v) is 8.26. The van der Waals surface area contributed by atoms with Crippen molar-refractivity contribution < 1.29 is 4.79 Å². The normalized spacial score (nSPS) is 19.0. The highest BCUT2D eigenvalue weighted by Gasteiger charge is 2.18. The highest BCUT2D eigenvalue weighted by atomic mass is 16.1. The number of rotatable bonds is 3. The molecule has 2 rings (SSSR count).